The smallest absolute Gasteiger partial charge is 0.414 e. The van der Waals surface area contributed by atoms with Gasteiger partial charge in [0.15, 0.2) is 5.75 Å². The molecule has 10 heteroatoms. The first-order valence-electron chi connectivity index (χ1n) is 7.51. The van der Waals surface area contributed by atoms with Crippen molar-refractivity contribution in [1.29, 1.82) is 0 Å². The van der Waals surface area contributed by atoms with E-state index in [4.69, 9.17) is 16.0 Å². The van der Waals surface area contributed by atoms with Gasteiger partial charge in [-0.2, -0.15) is 0 Å². The van der Waals surface area contributed by atoms with Crippen molar-refractivity contribution in [3.05, 3.63) is 71.6 Å². The lowest BCUT2D eigenvalue weighted by molar-refractivity contribution is -0.274. The molecule has 142 valence electrons. The lowest BCUT2D eigenvalue weighted by atomic mass is 10.2. The van der Waals surface area contributed by atoms with Gasteiger partial charge < -0.3 is 14.5 Å². The standard InChI is InChI=1S/C18H9ClF3N3O3/c1-10(23-15(26)11-2-6-13(19)7-3-11)16-24-25-17(27-16)12-4-8-14(9-5-12)28-18(20,21)22/h2-4,6-8H,1H2,(H,23,26). The van der Waals surface area contributed by atoms with Crippen molar-refractivity contribution in [1.82, 2.24) is 15.5 Å². The van der Waals surface area contributed by atoms with Crippen LogP contribution < -0.4 is 10.1 Å². The van der Waals surface area contributed by atoms with Crippen LogP contribution in [0.3, 0.4) is 0 Å². The van der Waals surface area contributed by atoms with E-state index in [9.17, 15) is 18.0 Å². The molecule has 2 aromatic carbocycles. The van der Waals surface area contributed by atoms with Crippen molar-refractivity contribution in [2.75, 3.05) is 0 Å². The maximum atomic E-state index is 12.2. The lowest BCUT2D eigenvalue weighted by Crippen LogP contribution is -2.21. The number of carbonyl (C=O) groups is 1. The van der Waals surface area contributed by atoms with Gasteiger partial charge in [-0.3, -0.25) is 4.79 Å². The quantitative estimate of drug-likeness (QED) is 0.682. The van der Waals surface area contributed by atoms with Gasteiger partial charge in [-0.05, 0) is 42.5 Å². The molecule has 1 aromatic heterocycles. The maximum absolute atomic E-state index is 12.2. The molecule has 1 N–H and O–H groups in total. The van der Waals surface area contributed by atoms with E-state index < -0.39 is 18.0 Å². The van der Waals surface area contributed by atoms with E-state index in [1.165, 1.54) is 18.2 Å². The van der Waals surface area contributed by atoms with Crippen molar-refractivity contribution in [3.8, 4) is 17.2 Å². The summed E-state index contributed by atoms with van der Waals surface area (Å²) in [7, 11) is 0. The van der Waals surface area contributed by atoms with Crippen LogP contribution in [0.4, 0.5) is 13.2 Å². The molecule has 0 saturated heterocycles. The molecule has 1 amide bonds. The Kier molecular flexibility index (Phi) is 5.24. The molecule has 3 rings (SSSR count). The second-order valence-corrected chi connectivity index (χ2v) is 5.70. The number of ether oxygens (including phenoxy) is 1. The van der Waals surface area contributed by atoms with Crippen LogP contribution in [0.1, 0.15) is 16.2 Å². The zero-order valence-electron chi connectivity index (χ0n) is 13.8. The van der Waals surface area contributed by atoms with Crippen molar-refractivity contribution < 1.29 is 27.1 Å². The number of hydrogen-bond acceptors (Lipinski definition) is 5. The van der Waals surface area contributed by atoms with Crippen LogP contribution in [0, 0.1) is 12.1 Å². The number of benzene rings is 1. The number of halogens is 4. The predicted molar refractivity (Wildman–Crippen MR) is 92.0 cm³/mol. The zero-order chi connectivity index (χ0) is 20.3. The Morgan fingerprint density at radius 3 is 2.46 bits per heavy atom. The number of nitrogens with zero attached hydrogens (tertiary/aromatic N) is 2. The fourth-order valence-corrected chi connectivity index (χ4v) is 2.12. The topological polar surface area (TPSA) is 77.2 Å². The molecule has 0 aliphatic heterocycles. The molecular weight excluding hydrogens is 399 g/mol. The summed E-state index contributed by atoms with van der Waals surface area (Å²) >= 11 is 5.77. The van der Waals surface area contributed by atoms with Crippen LogP contribution in [-0.4, -0.2) is 22.5 Å². The van der Waals surface area contributed by atoms with Crippen molar-refractivity contribution in [3.63, 3.8) is 0 Å². The third-order valence-corrected chi connectivity index (χ3v) is 3.48. The van der Waals surface area contributed by atoms with Gasteiger partial charge in [0.05, 0.1) is 11.3 Å². The van der Waals surface area contributed by atoms with Crippen LogP contribution in [0.15, 0.2) is 47.4 Å². The Hall–Kier alpha value is -3.51. The monoisotopic (exact) mass is 407 g/mol. The van der Waals surface area contributed by atoms with Gasteiger partial charge in [-0.15, -0.1) is 23.4 Å². The minimum atomic E-state index is -4.83. The number of hydrogen-bond donors (Lipinski definition) is 1. The number of amides is 1. The van der Waals surface area contributed by atoms with Gasteiger partial charge in [0.1, 0.15) is 0 Å². The highest BCUT2D eigenvalue weighted by atomic mass is 35.5. The maximum Gasteiger partial charge on any atom is 0.573 e. The van der Waals surface area contributed by atoms with Crippen LogP contribution in [0.5, 0.6) is 5.75 Å². The molecule has 0 bridgehead atoms. The van der Waals surface area contributed by atoms with Crippen LogP contribution >= 0.6 is 11.6 Å². The number of rotatable bonds is 5. The summed E-state index contributed by atoms with van der Waals surface area (Å²) in [6.45, 7) is 3.65. The molecule has 0 fully saturated rings. The highest BCUT2D eigenvalue weighted by Gasteiger charge is 2.31. The summed E-state index contributed by atoms with van der Waals surface area (Å²) < 4.78 is 45.5. The van der Waals surface area contributed by atoms with Gasteiger partial charge in [-0.25, -0.2) is 0 Å². The molecule has 6 nitrogen and oxygen atoms in total. The molecule has 0 radical (unpaired) electrons. The van der Waals surface area contributed by atoms with E-state index >= 15 is 0 Å². The van der Waals surface area contributed by atoms with Crippen LogP contribution in [-0.2, 0) is 0 Å². The molecule has 28 heavy (non-hydrogen) atoms. The van der Waals surface area contributed by atoms with E-state index in [1.807, 2.05) is 0 Å². The fraction of sp³-hybridized carbons (Fsp3) is 0.0556. The average molecular weight is 408 g/mol. The van der Waals surface area contributed by atoms with Crippen molar-refractivity contribution in [2.45, 2.75) is 6.36 Å². The Bertz CT molecular complexity index is 999. The molecule has 0 spiro atoms. The Labute approximate surface area is 161 Å². The summed E-state index contributed by atoms with van der Waals surface area (Å²) in [5, 5.41) is 10.5. The Balaban J connectivity index is 1.68. The van der Waals surface area contributed by atoms with Crippen LogP contribution in [0.25, 0.3) is 17.2 Å². The largest absolute Gasteiger partial charge is 0.573 e. The normalized spacial score (nSPS) is 10.9. The molecule has 0 saturated carbocycles. The molecular formula is C18H9ClF3N3O3. The predicted octanol–water partition coefficient (Wildman–Crippen LogP) is 4.29. The fourth-order valence-electron chi connectivity index (χ4n) is 2.00. The van der Waals surface area contributed by atoms with Gasteiger partial charge in [0.25, 0.3) is 17.7 Å². The minimum absolute atomic E-state index is 0.0414. The SMILES string of the molecule is C=C(NC(=O)c1ccc(Cl)cc1)c1nnc(-c2c#cc(OC(F)(F)F)cc2)o1. The van der Waals surface area contributed by atoms with E-state index in [1.54, 1.807) is 12.1 Å². The highest BCUT2D eigenvalue weighted by molar-refractivity contribution is 6.30. The van der Waals surface area contributed by atoms with Gasteiger partial charge in [-0.1, -0.05) is 24.2 Å². The number of aromatic nitrogens is 2. The summed E-state index contributed by atoms with van der Waals surface area (Å²) in [6, 6.07) is 13.1. The first-order chi connectivity index (χ1) is 13.2. The molecule has 1 heterocycles. The van der Waals surface area contributed by atoms with E-state index in [2.05, 4.69) is 39.0 Å². The number of carbonyl (C=O) groups excluding carboxylic acids is 1. The van der Waals surface area contributed by atoms with Crippen LogP contribution in [0.2, 0.25) is 5.02 Å². The van der Waals surface area contributed by atoms with E-state index in [0.29, 0.717) is 10.6 Å². The Morgan fingerprint density at radius 2 is 1.86 bits per heavy atom. The second kappa shape index (κ2) is 7.62. The summed E-state index contributed by atoms with van der Waals surface area (Å²) in [4.78, 5) is 12.1. The number of nitrogens with one attached hydrogen (secondary N) is 1. The van der Waals surface area contributed by atoms with Gasteiger partial charge >= 0.3 is 6.36 Å². The van der Waals surface area contributed by atoms with E-state index in [0.717, 1.165) is 6.07 Å². The van der Waals surface area contributed by atoms with E-state index in [-0.39, 0.29) is 23.0 Å². The third kappa shape index (κ3) is 4.81. The Morgan fingerprint density at radius 1 is 1.14 bits per heavy atom. The summed E-state index contributed by atoms with van der Waals surface area (Å²) in [6.07, 6.45) is -4.83. The summed E-state index contributed by atoms with van der Waals surface area (Å²) in [5.74, 6) is -1.15. The van der Waals surface area contributed by atoms with Gasteiger partial charge in [0.2, 0.25) is 0 Å². The molecule has 3 aromatic rings. The molecule has 0 aliphatic carbocycles. The minimum Gasteiger partial charge on any atom is -0.414 e. The first-order valence-corrected chi connectivity index (χ1v) is 7.89. The molecule has 0 aliphatic rings. The lowest BCUT2D eigenvalue weighted by Gasteiger charge is -2.06. The average Bonchev–Trinajstić information content (AvgIpc) is 3.12. The summed E-state index contributed by atoms with van der Waals surface area (Å²) in [5.41, 5.74) is 0.568. The van der Waals surface area contributed by atoms with Crippen molar-refractivity contribution >= 4 is 23.2 Å². The number of alkyl halides is 3. The molecule has 0 unspecified atom stereocenters. The second-order valence-electron chi connectivity index (χ2n) is 5.26. The van der Waals surface area contributed by atoms with Crippen molar-refractivity contribution in [2.24, 2.45) is 0 Å². The highest BCUT2D eigenvalue weighted by Crippen LogP contribution is 2.23. The third-order valence-electron chi connectivity index (χ3n) is 3.23. The molecule has 0 atom stereocenters. The van der Waals surface area contributed by atoms with Gasteiger partial charge in [0, 0.05) is 10.6 Å². The first kappa shape index (κ1) is 19.3. The zero-order valence-corrected chi connectivity index (χ0v) is 14.6.